The first-order valence-electron chi connectivity index (χ1n) is 8.04. The van der Waals surface area contributed by atoms with Gasteiger partial charge in [0.15, 0.2) is 5.96 Å². The molecule has 1 aliphatic rings. The second-order valence-corrected chi connectivity index (χ2v) is 6.00. The van der Waals surface area contributed by atoms with Crippen molar-refractivity contribution >= 4 is 29.9 Å². The first-order valence-corrected chi connectivity index (χ1v) is 8.04. The van der Waals surface area contributed by atoms with Crippen LogP contribution in [0.4, 0.5) is 0 Å². The summed E-state index contributed by atoms with van der Waals surface area (Å²) < 4.78 is 0. The molecule has 1 atom stereocenters. The molecule has 1 unspecified atom stereocenters. The van der Waals surface area contributed by atoms with E-state index in [1.165, 1.54) is 31.5 Å². The van der Waals surface area contributed by atoms with Crippen molar-refractivity contribution in [3.8, 4) is 0 Å². The molecule has 1 fully saturated rings. The van der Waals surface area contributed by atoms with E-state index in [2.05, 4.69) is 46.4 Å². The van der Waals surface area contributed by atoms with Gasteiger partial charge in [-0.25, -0.2) is 0 Å². The van der Waals surface area contributed by atoms with E-state index in [0.717, 1.165) is 26.1 Å². The van der Waals surface area contributed by atoms with Gasteiger partial charge >= 0.3 is 0 Å². The summed E-state index contributed by atoms with van der Waals surface area (Å²) in [5, 5.41) is 3.19. The molecule has 0 spiro atoms. The topological polar surface area (TPSA) is 53.6 Å². The maximum Gasteiger partial charge on any atom is 0.188 e. The minimum absolute atomic E-state index is 0. The third-order valence-corrected chi connectivity index (χ3v) is 3.90. The number of hydrogen-bond donors (Lipinski definition) is 2. The smallest absolute Gasteiger partial charge is 0.188 e. The average Bonchev–Trinajstić information content (AvgIpc) is 2.99. The summed E-state index contributed by atoms with van der Waals surface area (Å²) in [6.45, 7) is 7.53. The molecule has 1 saturated heterocycles. The van der Waals surface area contributed by atoms with Crippen molar-refractivity contribution in [3.63, 3.8) is 0 Å². The summed E-state index contributed by atoms with van der Waals surface area (Å²) in [6.07, 6.45) is 3.67. The van der Waals surface area contributed by atoms with Crippen LogP contribution < -0.4 is 11.1 Å². The molecule has 0 radical (unpaired) electrons. The molecule has 1 aromatic carbocycles. The monoisotopic (exact) mass is 416 g/mol. The van der Waals surface area contributed by atoms with Crippen LogP contribution in [0, 0.1) is 5.92 Å². The van der Waals surface area contributed by atoms with Gasteiger partial charge in [-0.05, 0) is 43.8 Å². The number of nitrogens with one attached hydrogen (secondary N) is 1. The van der Waals surface area contributed by atoms with Crippen LogP contribution in [0.25, 0.3) is 0 Å². The van der Waals surface area contributed by atoms with Gasteiger partial charge in [0.05, 0.1) is 0 Å². The summed E-state index contributed by atoms with van der Waals surface area (Å²) in [6, 6.07) is 10.4. The molecule has 0 amide bonds. The number of likely N-dealkylation sites (tertiary alicyclic amines) is 1. The zero-order valence-corrected chi connectivity index (χ0v) is 15.8. The third-order valence-electron chi connectivity index (χ3n) is 3.90. The summed E-state index contributed by atoms with van der Waals surface area (Å²) in [7, 11) is 0. The largest absolute Gasteiger partial charge is 0.370 e. The molecule has 5 heteroatoms. The van der Waals surface area contributed by atoms with E-state index in [0.29, 0.717) is 11.9 Å². The summed E-state index contributed by atoms with van der Waals surface area (Å²) in [5.74, 6) is 1.14. The van der Waals surface area contributed by atoms with E-state index in [1.54, 1.807) is 0 Å². The van der Waals surface area contributed by atoms with Crippen molar-refractivity contribution < 1.29 is 0 Å². The van der Waals surface area contributed by atoms with Gasteiger partial charge in [-0.1, -0.05) is 37.3 Å². The Balaban J connectivity index is 0.00000242. The summed E-state index contributed by atoms with van der Waals surface area (Å²) >= 11 is 0. The first-order chi connectivity index (χ1) is 10.2. The van der Waals surface area contributed by atoms with E-state index in [-0.39, 0.29) is 24.0 Å². The Morgan fingerprint density at radius 1 is 1.27 bits per heavy atom. The lowest BCUT2D eigenvalue weighted by atomic mass is 10.1. The molecule has 1 aromatic rings. The van der Waals surface area contributed by atoms with Gasteiger partial charge in [0.25, 0.3) is 0 Å². The fraction of sp³-hybridized carbons (Fsp3) is 0.588. The highest BCUT2D eigenvalue weighted by atomic mass is 127. The molecule has 0 saturated carbocycles. The summed E-state index contributed by atoms with van der Waals surface area (Å²) in [4.78, 5) is 6.98. The van der Waals surface area contributed by atoms with Crippen molar-refractivity contribution in [1.82, 2.24) is 10.2 Å². The zero-order valence-electron chi connectivity index (χ0n) is 13.5. The fourth-order valence-corrected chi connectivity index (χ4v) is 2.75. The highest BCUT2D eigenvalue weighted by Crippen LogP contribution is 2.10. The van der Waals surface area contributed by atoms with Crippen LogP contribution in [-0.4, -0.2) is 43.6 Å². The Kier molecular flexibility index (Phi) is 9.47. The quantitative estimate of drug-likeness (QED) is 0.408. The molecule has 4 nitrogen and oxygen atoms in total. The van der Waals surface area contributed by atoms with Gasteiger partial charge in [-0.3, -0.25) is 4.99 Å². The SMILES string of the molecule is CC(CN=C(N)NCCc1ccccc1)CN1CCCC1.I. The maximum absolute atomic E-state index is 5.92. The number of nitrogens with two attached hydrogens (primary N) is 1. The molecule has 124 valence electrons. The number of hydrogen-bond acceptors (Lipinski definition) is 2. The molecule has 1 heterocycles. The van der Waals surface area contributed by atoms with Crippen molar-refractivity contribution in [2.75, 3.05) is 32.7 Å². The van der Waals surface area contributed by atoms with E-state index >= 15 is 0 Å². The van der Waals surface area contributed by atoms with Crippen LogP contribution in [0.15, 0.2) is 35.3 Å². The van der Waals surface area contributed by atoms with E-state index < -0.39 is 0 Å². The van der Waals surface area contributed by atoms with Gasteiger partial charge < -0.3 is 16.0 Å². The molecular weight excluding hydrogens is 387 g/mol. The molecule has 1 aliphatic heterocycles. The van der Waals surface area contributed by atoms with Gasteiger partial charge in [0.2, 0.25) is 0 Å². The average molecular weight is 416 g/mol. The second-order valence-electron chi connectivity index (χ2n) is 6.00. The Morgan fingerprint density at radius 3 is 2.64 bits per heavy atom. The first kappa shape index (κ1) is 19.2. The number of nitrogens with zero attached hydrogens (tertiary/aromatic N) is 2. The minimum atomic E-state index is 0. The van der Waals surface area contributed by atoms with Gasteiger partial charge in [-0.2, -0.15) is 0 Å². The van der Waals surface area contributed by atoms with E-state index in [4.69, 9.17) is 5.73 Å². The van der Waals surface area contributed by atoms with Crippen LogP contribution in [0.2, 0.25) is 0 Å². The Hall–Kier alpha value is -0.820. The van der Waals surface area contributed by atoms with E-state index in [1.807, 2.05) is 6.07 Å². The number of halogens is 1. The summed E-state index contributed by atoms with van der Waals surface area (Å²) in [5.41, 5.74) is 7.24. The number of rotatable bonds is 7. The van der Waals surface area contributed by atoms with Gasteiger partial charge in [-0.15, -0.1) is 24.0 Å². The van der Waals surface area contributed by atoms with Gasteiger partial charge in [0.1, 0.15) is 0 Å². The van der Waals surface area contributed by atoms with Crippen molar-refractivity contribution in [2.45, 2.75) is 26.2 Å². The van der Waals surface area contributed by atoms with Crippen LogP contribution in [0.3, 0.4) is 0 Å². The molecule has 0 bridgehead atoms. The predicted octanol–water partition coefficient (Wildman–Crippen LogP) is 2.48. The molecule has 2 rings (SSSR count). The molecular formula is C17H29IN4. The lowest BCUT2D eigenvalue weighted by molar-refractivity contribution is 0.291. The van der Waals surface area contributed by atoms with Crippen LogP contribution in [0.1, 0.15) is 25.3 Å². The van der Waals surface area contributed by atoms with Crippen molar-refractivity contribution in [1.29, 1.82) is 0 Å². The molecule has 0 aromatic heterocycles. The Labute approximate surface area is 151 Å². The second kappa shape index (κ2) is 10.8. The zero-order chi connectivity index (χ0) is 14.9. The molecule has 0 aliphatic carbocycles. The number of guanidine groups is 1. The fourth-order valence-electron chi connectivity index (χ4n) is 2.75. The van der Waals surface area contributed by atoms with Crippen LogP contribution in [-0.2, 0) is 6.42 Å². The van der Waals surface area contributed by atoms with E-state index in [9.17, 15) is 0 Å². The lowest BCUT2D eigenvalue weighted by Crippen LogP contribution is -2.34. The maximum atomic E-state index is 5.92. The Bertz CT molecular complexity index is 430. The highest BCUT2D eigenvalue weighted by Gasteiger charge is 2.14. The van der Waals surface area contributed by atoms with Gasteiger partial charge in [0, 0.05) is 19.6 Å². The van der Waals surface area contributed by atoms with Crippen molar-refractivity contribution in [3.05, 3.63) is 35.9 Å². The normalized spacial score (nSPS) is 17.0. The molecule has 22 heavy (non-hydrogen) atoms. The number of benzene rings is 1. The van der Waals surface area contributed by atoms with Crippen LogP contribution >= 0.6 is 24.0 Å². The Morgan fingerprint density at radius 2 is 1.95 bits per heavy atom. The predicted molar refractivity (Wildman–Crippen MR) is 105 cm³/mol. The standard InChI is InChI=1S/C17H28N4.HI/c1-15(14-21-11-5-6-12-21)13-20-17(18)19-10-9-16-7-3-2-4-8-16;/h2-4,7-8,15H,5-6,9-14H2,1H3,(H3,18,19,20);1H. The highest BCUT2D eigenvalue weighted by molar-refractivity contribution is 14.0. The third kappa shape index (κ3) is 7.45. The number of aliphatic imine (C=N–C) groups is 1. The lowest BCUT2D eigenvalue weighted by Gasteiger charge is -2.18. The van der Waals surface area contributed by atoms with Crippen LogP contribution in [0.5, 0.6) is 0 Å². The minimum Gasteiger partial charge on any atom is -0.370 e. The molecule has 3 N–H and O–H groups in total. The van der Waals surface area contributed by atoms with Crippen molar-refractivity contribution in [2.24, 2.45) is 16.6 Å².